The molecule has 0 unspecified atom stereocenters. The fourth-order valence-electron chi connectivity index (χ4n) is 3.41. The summed E-state index contributed by atoms with van der Waals surface area (Å²) in [6.45, 7) is 10.4. The number of nitrogens with zero attached hydrogens (tertiary/aromatic N) is 6. The first-order valence-corrected chi connectivity index (χ1v) is 10.0. The predicted octanol–water partition coefficient (Wildman–Crippen LogP) is 2.25. The molecule has 160 valence electrons. The normalized spacial score (nSPS) is 14.5. The second kappa shape index (κ2) is 11.8. The number of aryl methyl sites for hydroxylation is 1. The number of aromatic nitrogens is 3. The third-order valence-electron chi connectivity index (χ3n) is 4.95. The monoisotopic (exact) mass is 513 g/mol. The zero-order valence-electron chi connectivity index (χ0n) is 17.5. The number of piperazine rings is 1. The average Bonchev–Trinajstić information content (AvgIpc) is 3.21. The van der Waals surface area contributed by atoms with Gasteiger partial charge in [-0.05, 0) is 19.1 Å². The van der Waals surface area contributed by atoms with E-state index in [4.69, 9.17) is 9.73 Å². The largest absolute Gasteiger partial charge is 0.497 e. The number of hydrogen-bond donors (Lipinski definition) is 1. The van der Waals surface area contributed by atoms with Crippen LogP contribution in [-0.2, 0) is 13.0 Å². The molecule has 1 aromatic heterocycles. The van der Waals surface area contributed by atoms with Gasteiger partial charge in [-0.25, -0.2) is 0 Å². The maximum Gasteiger partial charge on any atom is 0.194 e. The molecule has 1 aliphatic rings. The Balaban J connectivity index is 0.00000300. The Bertz CT molecular complexity index is 772. The Hall–Kier alpha value is -2.04. The lowest BCUT2D eigenvalue weighted by atomic mass is 10.2. The van der Waals surface area contributed by atoms with Crippen molar-refractivity contribution in [1.29, 1.82) is 0 Å². The zero-order valence-corrected chi connectivity index (χ0v) is 19.9. The van der Waals surface area contributed by atoms with Crippen molar-refractivity contribution in [2.45, 2.75) is 26.8 Å². The Morgan fingerprint density at radius 3 is 2.69 bits per heavy atom. The topological polar surface area (TPSA) is 70.8 Å². The quantitative estimate of drug-likeness (QED) is 0.348. The SMILES string of the molecule is CCNC(=NCCn1cnnc1CC)N1CCN(c2cccc(OC)c2)CC1.I. The molecule has 1 fully saturated rings. The molecule has 0 spiro atoms. The van der Waals surface area contributed by atoms with E-state index < -0.39 is 0 Å². The van der Waals surface area contributed by atoms with Crippen LogP contribution in [0.25, 0.3) is 0 Å². The summed E-state index contributed by atoms with van der Waals surface area (Å²) >= 11 is 0. The van der Waals surface area contributed by atoms with Crippen molar-refractivity contribution >= 4 is 35.6 Å². The van der Waals surface area contributed by atoms with Crippen LogP contribution in [-0.4, -0.2) is 72.0 Å². The van der Waals surface area contributed by atoms with E-state index in [1.54, 1.807) is 13.4 Å². The number of nitrogens with one attached hydrogen (secondary N) is 1. The highest BCUT2D eigenvalue weighted by atomic mass is 127. The molecular weight excluding hydrogens is 481 g/mol. The number of benzene rings is 1. The van der Waals surface area contributed by atoms with E-state index in [0.717, 1.165) is 63.2 Å². The van der Waals surface area contributed by atoms with E-state index in [1.807, 2.05) is 12.1 Å². The lowest BCUT2D eigenvalue weighted by molar-refractivity contribution is 0.371. The van der Waals surface area contributed by atoms with Crippen molar-refractivity contribution in [3.8, 4) is 5.75 Å². The Morgan fingerprint density at radius 2 is 2.00 bits per heavy atom. The van der Waals surface area contributed by atoms with Gasteiger partial charge >= 0.3 is 0 Å². The minimum absolute atomic E-state index is 0. The van der Waals surface area contributed by atoms with Gasteiger partial charge in [-0.2, -0.15) is 0 Å². The van der Waals surface area contributed by atoms with Gasteiger partial charge in [-0.3, -0.25) is 4.99 Å². The number of ether oxygens (including phenoxy) is 1. The van der Waals surface area contributed by atoms with Gasteiger partial charge in [0.15, 0.2) is 5.96 Å². The van der Waals surface area contributed by atoms with Crippen molar-refractivity contribution in [3.05, 3.63) is 36.4 Å². The van der Waals surface area contributed by atoms with E-state index >= 15 is 0 Å². The molecule has 3 rings (SSSR count). The number of methoxy groups -OCH3 is 1. The number of aliphatic imine (C=N–C) groups is 1. The third kappa shape index (κ3) is 6.22. The van der Waals surface area contributed by atoms with Crippen LogP contribution in [0.4, 0.5) is 5.69 Å². The van der Waals surface area contributed by atoms with Gasteiger partial charge in [-0.1, -0.05) is 13.0 Å². The molecule has 0 radical (unpaired) electrons. The van der Waals surface area contributed by atoms with Crippen LogP contribution in [0.5, 0.6) is 5.75 Å². The van der Waals surface area contributed by atoms with Gasteiger partial charge in [0.1, 0.15) is 17.9 Å². The number of hydrogen-bond acceptors (Lipinski definition) is 5. The van der Waals surface area contributed by atoms with E-state index in [2.05, 4.69) is 55.9 Å². The molecule has 1 N–H and O–H groups in total. The first-order valence-electron chi connectivity index (χ1n) is 10.0. The second-order valence-electron chi connectivity index (χ2n) is 6.71. The summed E-state index contributed by atoms with van der Waals surface area (Å²) < 4.78 is 7.43. The molecule has 0 amide bonds. The van der Waals surface area contributed by atoms with Gasteiger partial charge in [0.05, 0.1) is 13.7 Å². The zero-order chi connectivity index (χ0) is 19.8. The Labute approximate surface area is 190 Å². The highest BCUT2D eigenvalue weighted by Crippen LogP contribution is 2.22. The predicted molar refractivity (Wildman–Crippen MR) is 128 cm³/mol. The number of guanidine groups is 1. The molecule has 2 heterocycles. The van der Waals surface area contributed by atoms with Crippen molar-refractivity contribution < 1.29 is 4.74 Å². The molecule has 1 saturated heterocycles. The van der Waals surface area contributed by atoms with Gasteiger partial charge in [0, 0.05) is 57.4 Å². The number of rotatable bonds is 7. The summed E-state index contributed by atoms with van der Waals surface area (Å²) in [5.41, 5.74) is 1.21. The summed E-state index contributed by atoms with van der Waals surface area (Å²) in [5.74, 6) is 2.89. The molecule has 0 bridgehead atoms. The van der Waals surface area contributed by atoms with Crippen molar-refractivity contribution in [3.63, 3.8) is 0 Å². The lowest BCUT2D eigenvalue weighted by Crippen LogP contribution is -2.52. The summed E-state index contributed by atoms with van der Waals surface area (Å²) in [4.78, 5) is 9.57. The van der Waals surface area contributed by atoms with Crippen LogP contribution in [0.1, 0.15) is 19.7 Å². The molecule has 0 atom stereocenters. The standard InChI is InChI=1S/C20H31N7O.HI/c1-4-19-24-23-16-27(19)10-9-22-20(21-5-2)26-13-11-25(12-14-26)17-7-6-8-18(15-17)28-3;/h6-8,15-16H,4-5,9-14H2,1-3H3,(H,21,22);1H. The smallest absolute Gasteiger partial charge is 0.194 e. The minimum Gasteiger partial charge on any atom is -0.497 e. The van der Waals surface area contributed by atoms with Gasteiger partial charge in [0.2, 0.25) is 0 Å². The maximum absolute atomic E-state index is 5.35. The second-order valence-corrected chi connectivity index (χ2v) is 6.71. The fourth-order valence-corrected chi connectivity index (χ4v) is 3.41. The molecule has 9 heteroatoms. The summed E-state index contributed by atoms with van der Waals surface area (Å²) in [6.07, 6.45) is 2.67. The van der Waals surface area contributed by atoms with E-state index in [9.17, 15) is 0 Å². The Kier molecular flexibility index (Phi) is 9.49. The molecule has 2 aromatic rings. The van der Waals surface area contributed by atoms with Gasteiger partial charge in [-0.15, -0.1) is 34.2 Å². The average molecular weight is 513 g/mol. The molecule has 1 aromatic carbocycles. The van der Waals surface area contributed by atoms with Crippen molar-refractivity contribution in [2.75, 3.05) is 51.3 Å². The highest BCUT2D eigenvalue weighted by molar-refractivity contribution is 14.0. The van der Waals surface area contributed by atoms with Crippen molar-refractivity contribution in [1.82, 2.24) is 25.0 Å². The maximum atomic E-state index is 5.35. The van der Waals surface area contributed by atoms with Crippen LogP contribution >= 0.6 is 24.0 Å². The summed E-state index contributed by atoms with van der Waals surface area (Å²) in [7, 11) is 1.71. The van der Waals surface area contributed by atoms with Crippen LogP contribution in [0, 0.1) is 0 Å². The molecule has 1 aliphatic heterocycles. The molecule has 8 nitrogen and oxygen atoms in total. The Morgan fingerprint density at radius 1 is 1.21 bits per heavy atom. The van der Waals surface area contributed by atoms with Gasteiger partial charge < -0.3 is 24.4 Å². The first-order chi connectivity index (χ1) is 13.7. The lowest BCUT2D eigenvalue weighted by Gasteiger charge is -2.37. The van der Waals surface area contributed by atoms with E-state index in [1.165, 1.54) is 5.69 Å². The van der Waals surface area contributed by atoms with Crippen LogP contribution in [0.2, 0.25) is 0 Å². The van der Waals surface area contributed by atoms with Crippen molar-refractivity contribution in [2.24, 2.45) is 4.99 Å². The summed E-state index contributed by atoms with van der Waals surface area (Å²) in [6, 6.07) is 8.26. The summed E-state index contributed by atoms with van der Waals surface area (Å²) in [5, 5.41) is 11.6. The molecule has 0 saturated carbocycles. The van der Waals surface area contributed by atoms with Crippen LogP contribution in [0.15, 0.2) is 35.6 Å². The molecular formula is C20H32IN7O. The highest BCUT2D eigenvalue weighted by Gasteiger charge is 2.20. The van der Waals surface area contributed by atoms with E-state index in [0.29, 0.717) is 6.54 Å². The van der Waals surface area contributed by atoms with Gasteiger partial charge in [0.25, 0.3) is 0 Å². The van der Waals surface area contributed by atoms with E-state index in [-0.39, 0.29) is 24.0 Å². The minimum atomic E-state index is 0. The van der Waals surface area contributed by atoms with Crippen LogP contribution in [0.3, 0.4) is 0 Å². The van der Waals surface area contributed by atoms with Crippen LogP contribution < -0.4 is 15.0 Å². The molecule has 29 heavy (non-hydrogen) atoms. The fraction of sp³-hybridized carbons (Fsp3) is 0.550. The first kappa shape index (κ1) is 23.2. The molecule has 0 aliphatic carbocycles. The number of anilines is 1. The third-order valence-corrected chi connectivity index (χ3v) is 4.95. The number of halogens is 1.